The lowest BCUT2D eigenvalue weighted by atomic mass is 10.2. The predicted molar refractivity (Wildman–Crippen MR) is 64.6 cm³/mol. The molecule has 3 heterocycles. The fraction of sp³-hybridized carbons (Fsp3) is 0.154. The van der Waals surface area contributed by atoms with Crippen molar-refractivity contribution >= 4 is 5.52 Å². The highest BCUT2D eigenvalue weighted by Gasteiger charge is 2.06. The molecule has 0 saturated heterocycles. The number of rotatable bonds is 3. The van der Waals surface area contributed by atoms with E-state index in [-0.39, 0.29) is 0 Å². The van der Waals surface area contributed by atoms with Gasteiger partial charge in [-0.3, -0.25) is 0 Å². The zero-order valence-corrected chi connectivity index (χ0v) is 9.34. The number of furan rings is 1. The number of nitrogens with zero attached hydrogens (tertiary/aromatic N) is 2. The monoisotopic (exact) mass is 227 g/mol. The summed E-state index contributed by atoms with van der Waals surface area (Å²) in [4.78, 5) is 4.41. The maximum atomic E-state index is 5.64. The third kappa shape index (κ3) is 1.83. The summed E-state index contributed by atoms with van der Waals surface area (Å²) in [5, 5.41) is 0. The lowest BCUT2D eigenvalue weighted by Crippen LogP contribution is -2.00. The smallest absolute Gasteiger partial charge is 0.120 e. The lowest BCUT2D eigenvalue weighted by molar-refractivity contribution is 0.516. The zero-order valence-electron chi connectivity index (χ0n) is 9.34. The van der Waals surface area contributed by atoms with Gasteiger partial charge in [-0.05, 0) is 23.8 Å². The van der Waals surface area contributed by atoms with Crippen LogP contribution in [0.15, 0.2) is 47.3 Å². The van der Waals surface area contributed by atoms with Gasteiger partial charge in [-0.25, -0.2) is 4.98 Å². The molecule has 0 aromatic carbocycles. The normalized spacial score (nSPS) is 11.1. The summed E-state index contributed by atoms with van der Waals surface area (Å²) in [6, 6.07) is 7.89. The van der Waals surface area contributed by atoms with Crippen molar-refractivity contribution in [2.75, 3.05) is 0 Å². The molecule has 0 amide bonds. The van der Waals surface area contributed by atoms with Crippen LogP contribution >= 0.6 is 0 Å². The lowest BCUT2D eigenvalue weighted by Gasteiger charge is -2.02. The molecular weight excluding hydrogens is 214 g/mol. The largest absolute Gasteiger partial charge is 0.469 e. The number of aromatic nitrogens is 2. The maximum Gasteiger partial charge on any atom is 0.120 e. The molecule has 0 spiro atoms. The van der Waals surface area contributed by atoms with Crippen LogP contribution in [-0.2, 0) is 13.0 Å². The molecule has 3 aromatic heterocycles. The van der Waals surface area contributed by atoms with Gasteiger partial charge in [0.25, 0.3) is 0 Å². The standard InChI is InChI=1S/C13H13N3O/c14-7-10-3-4-11-8-15-13(16(11)9-10)6-12-2-1-5-17-12/h1-5,8-9H,6-7,14H2. The molecule has 0 fully saturated rings. The minimum atomic E-state index is 0.536. The van der Waals surface area contributed by atoms with Crippen molar-refractivity contribution < 1.29 is 4.42 Å². The van der Waals surface area contributed by atoms with Crippen LogP contribution in [0.4, 0.5) is 0 Å². The molecule has 17 heavy (non-hydrogen) atoms. The van der Waals surface area contributed by atoms with Crippen LogP contribution in [0.2, 0.25) is 0 Å². The third-order valence-corrected chi connectivity index (χ3v) is 2.81. The molecule has 3 aromatic rings. The van der Waals surface area contributed by atoms with Gasteiger partial charge >= 0.3 is 0 Å². The Morgan fingerprint density at radius 2 is 2.24 bits per heavy atom. The van der Waals surface area contributed by atoms with Crippen molar-refractivity contribution in [1.29, 1.82) is 0 Å². The van der Waals surface area contributed by atoms with Gasteiger partial charge in [-0.15, -0.1) is 0 Å². The molecule has 0 aliphatic rings. The van der Waals surface area contributed by atoms with Gasteiger partial charge in [-0.1, -0.05) is 6.07 Å². The van der Waals surface area contributed by atoms with Gasteiger partial charge in [0.1, 0.15) is 11.6 Å². The number of hydrogen-bond donors (Lipinski definition) is 1. The summed E-state index contributed by atoms with van der Waals surface area (Å²) in [7, 11) is 0. The van der Waals surface area contributed by atoms with Crippen molar-refractivity contribution in [2.45, 2.75) is 13.0 Å². The number of imidazole rings is 1. The predicted octanol–water partition coefficient (Wildman–Crippen LogP) is 1.98. The van der Waals surface area contributed by atoms with Crippen LogP contribution in [0.5, 0.6) is 0 Å². The first-order valence-corrected chi connectivity index (χ1v) is 5.54. The maximum absolute atomic E-state index is 5.64. The second-order valence-corrected chi connectivity index (χ2v) is 3.97. The van der Waals surface area contributed by atoms with E-state index >= 15 is 0 Å². The summed E-state index contributed by atoms with van der Waals surface area (Å²) >= 11 is 0. The van der Waals surface area contributed by atoms with E-state index in [9.17, 15) is 0 Å². The highest BCUT2D eigenvalue weighted by atomic mass is 16.3. The molecule has 0 aliphatic heterocycles. The molecule has 0 saturated carbocycles. The SMILES string of the molecule is NCc1ccc2cnc(Cc3ccco3)n2c1. The Kier molecular flexibility index (Phi) is 2.42. The first kappa shape index (κ1) is 10.1. The highest BCUT2D eigenvalue weighted by Crippen LogP contribution is 2.13. The summed E-state index contributed by atoms with van der Waals surface area (Å²) in [6.07, 6.45) is 6.25. The third-order valence-electron chi connectivity index (χ3n) is 2.81. The van der Waals surface area contributed by atoms with E-state index < -0.39 is 0 Å². The Labute approximate surface area is 98.7 Å². The summed E-state index contributed by atoms with van der Waals surface area (Å²) in [5.74, 6) is 1.88. The molecule has 86 valence electrons. The average molecular weight is 227 g/mol. The minimum Gasteiger partial charge on any atom is -0.469 e. The van der Waals surface area contributed by atoms with Crippen LogP contribution in [0.1, 0.15) is 17.1 Å². The molecule has 4 nitrogen and oxygen atoms in total. The van der Waals surface area contributed by atoms with E-state index in [1.807, 2.05) is 36.7 Å². The topological polar surface area (TPSA) is 56.5 Å². The molecule has 2 N–H and O–H groups in total. The Bertz CT molecular complexity index is 625. The molecule has 0 unspecified atom stereocenters. The number of hydrogen-bond acceptors (Lipinski definition) is 3. The van der Waals surface area contributed by atoms with E-state index in [2.05, 4.69) is 9.38 Å². The highest BCUT2D eigenvalue weighted by molar-refractivity contribution is 5.47. The van der Waals surface area contributed by atoms with E-state index in [0.717, 1.165) is 22.7 Å². The van der Waals surface area contributed by atoms with Gasteiger partial charge in [0.2, 0.25) is 0 Å². The fourth-order valence-corrected chi connectivity index (χ4v) is 1.91. The van der Waals surface area contributed by atoms with E-state index in [0.29, 0.717) is 13.0 Å². The van der Waals surface area contributed by atoms with Crippen LogP contribution in [0.25, 0.3) is 5.52 Å². The van der Waals surface area contributed by atoms with Crippen LogP contribution in [-0.4, -0.2) is 9.38 Å². The molecular formula is C13H13N3O. The van der Waals surface area contributed by atoms with Gasteiger partial charge in [-0.2, -0.15) is 0 Å². The Morgan fingerprint density at radius 1 is 1.29 bits per heavy atom. The first-order chi connectivity index (χ1) is 8.36. The van der Waals surface area contributed by atoms with Gasteiger partial charge in [0.15, 0.2) is 0 Å². The molecule has 0 radical (unpaired) electrons. The number of fused-ring (bicyclic) bond motifs is 1. The summed E-state index contributed by atoms with van der Waals surface area (Å²) < 4.78 is 7.39. The fourth-order valence-electron chi connectivity index (χ4n) is 1.91. The second kappa shape index (κ2) is 4.07. The summed E-state index contributed by atoms with van der Waals surface area (Å²) in [6.45, 7) is 0.536. The molecule has 0 aliphatic carbocycles. The Morgan fingerprint density at radius 3 is 3.00 bits per heavy atom. The van der Waals surface area contributed by atoms with E-state index in [1.54, 1.807) is 6.26 Å². The van der Waals surface area contributed by atoms with Gasteiger partial charge < -0.3 is 14.6 Å². The minimum absolute atomic E-state index is 0.536. The van der Waals surface area contributed by atoms with E-state index in [1.165, 1.54) is 0 Å². The van der Waals surface area contributed by atoms with Gasteiger partial charge in [0, 0.05) is 12.7 Å². The molecule has 0 atom stereocenters. The van der Waals surface area contributed by atoms with Crippen molar-refractivity contribution in [2.24, 2.45) is 5.73 Å². The van der Waals surface area contributed by atoms with Crippen molar-refractivity contribution in [3.8, 4) is 0 Å². The molecule has 0 bridgehead atoms. The van der Waals surface area contributed by atoms with Crippen LogP contribution in [0.3, 0.4) is 0 Å². The number of nitrogens with two attached hydrogens (primary N) is 1. The average Bonchev–Trinajstić information content (AvgIpc) is 2.99. The zero-order chi connectivity index (χ0) is 11.7. The van der Waals surface area contributed by atoms with Crippen molar-refractivity contribution in [3.63, 3.8) is 0 Å². The van der Waals surface area contributed by atoms with Gasteiger partial charge in [0.05, 0.1) is 24.4 Å². The Balaban J connectivity index is 2.04. The first-order valence-electron chi connectivity index (χ1n) is 5.54. The van der Waals surface area contributed by atoms with Crippen LogP contribution in [0, 0.1) is 0 Å². The van der Waals surface area contributed by atoms with E-state index in [4.69, 9.17) is 10.2 Å². The quantitative estimate of drug-likeness (QED) is 0.744. The molecule has 3 rings (SSSR count). The van der Waals surface area contributed by atoms with Crippen molar-refractivity contribution in [3.05, 3.63) is 60.1 Å². The second-order valence-electron chi connectivity index (χ2n) is 3.97. The van der Waals surface area contributed by atoms with Crippen molar-refractivity contribution in [1.82, 2.24) is 9.38 Å². The van der Waals surface area contributed by atoms with Crippen LogP contribution < -0.4 is 5.73 Å². The number of pyridine rings is 1. The molecule has 4 heteroatoms. The Hall–Kier alpha value is -2.07. The summed E-state index contributed by atoms with van der Waals surface area (Å²) in [5.41, 5.74) is 7.81.